The summed E-state index contributed by atoms with van der Waals surface area (Å²) in [7, 11) is 0. The van der Waals surface area contributed by atoms with Gasteiger partial charge in [-0.25, -0.2) is 4.98 Å². The third-order valence-electron chi connectivity index (χ3n) is 2.63. The van der Waals surface area contributed by atoms with E-state index in [4.69, 9.17) is 20.8 Å². The minimum absolute atomic E-state index is 0.0293. The molecule has 0 aliphatic carbocycles. The van der Waals surface area contributed by atoms with Gasteiger partial charge in [0.2, 0.25) is 5.88 Å². The fourth-order valence-electron chi connectivity index (χ4n) is 1.67. The number of nitrogen functional groups attached to an aromatic ring is 1. The number of aromatic nitrogens is 1. The highest BCUT2D eigenvalue weighted by molar-refractivity contribution is 5.60. The smallest absolute Gasteiger partial charge is 0.244 e. The van der Waals surface area contributed by atoms with Crippen molar-refractivity contribution >= 4 is 5.69 Å². The van der Waals surface area contributed by atoms with E-state index in [1.165, 1.54) is 12.3 Å². The summed E-state index contributed by atoms with van der Waals surface area (Å²) < 4.78 is 5.64. The van der Waals surface area contributed by atoms with E-state index in [9.17, 15) is 0 Å². The molecule has 19 heavy (non-hydrogen) atoms. The Morgan fingerprint density at radius 3 is 2.84 bits per heavy atom. The molecule has 0 fully saturated rings. The standard InChI is InChI=1S/C14H13N3O2/c15-9-11-5-7-17-14(13(11)16)19-12-4-2-1-3-10(12)6-8-18/h1-5,7,18H,6,8,16H2. The molecule has 5 heteroatoms. The number of para-hydroxylation sites is 1. The first-order valence-electron chi connectivity index (χ1n) is 5.77. The number of anilines is 1. The summed E-state index contributed by atoms with van der Waals surface area (Å²) >= 11 is 0. The van der Waals surface area contributed by atoms with Crippen molar-refractivity contribution in [2.75, 3.05) is 12.3 Å². The monoisotopic (exact) mass is 255 g/mol. The number of pyridine rings is 1. The second kappa shape index (κ2) is 5.85. The van der Waals surface area contributed by atoms with E-state index in [1.54, 1.807) is 6.07 Å². The molecule has 2 rings (SSSR count). The Kier molecular flexibility index (Phi) is 3.96. The SMILES string of the molecule is N#Cc1ccnc(Oc2ccccc2CCO)c1N. The summed E-state index contributed by atoms with van der Waals surface area (Å²) in [5.74, 6) is 0.773. The van der Waals surface area contributed by atoms with Crippen molar-refractivity contribution in [1.82, 2.24) is 4.98 Å². The number of rotatable bonds is 4. The first kappa shape index (κ1) is 12.9. The molecule has 1 aromatic heterocycles. The number of nitrogens with two attached hydrogens (primary N) is 1. The maximum atomic E-state index is 9.01. The molecule has 0 atom stereocenters. The lowest BCUT2D eigenvalue weighted by molar-refractivity contribution is 0.297. The van der Waals surface area contributed by atoms with Crippen LogP contribution in [-0.2, 0) is 6.42 Å². The van der Waals surface area contributed by atoms with Crippen molar-refractivity contribution in [3.63, 3.8) is 0 Å². The average molecular weight is 255 g/mol. The summed E-state index contributed by atoms with van der Waals surface area (Å²) in [5.41, 5.74) is 7.20. The first-order valence-corrected chi connectivity index (χ1v) is 5.77. The van der Waals surface area contributed by atoms with Crippen molar-refractivity contribution in [2.45, 2.75) is 6.42 Å². The molecule has 2 aromatic rings. The molecule has 0 aliphatic rings. The highest BCUT2D eigenvalue weighted by atomic mass is 16.5. The van der Waals surface area contributed by atoms with E-state index >= 15 is 0 Å². The van der Waals surface area contributed by atoms with E-state index in [0.29, 0.717) is 17.7 Å². The molecule has 0 saturated heterocycles. The van der Waals surface area contributed by atoms with Crippen molar-refractivity contribution in [3.8, 4) is 17.7 Å². The number of nitriles is 1. The number of aliphatic hydroxyl groups excluding tert-OH is 1. The minimum Gasteiger partial charge on any atom is -0.437 e. The first-order chi connectivity index (χ1) is 9.26. The largest absolute Gasteiger partial charge is 0.437 e. The molecular weight excluding hydrogens is 242 g/mol. The molecule has 0 unspecified atom stereocenters. The third-order valence-corrected chi connectivity index (χ3v) is 2.63. The Morgan fingerprint density at radius 2 is 2.11 bits per heavy atom. The van der Waals surface area contributed by atoms with E-state index in [-0.39, 0.29) is 18.2 Å². The summed E-state index contributed by atoms with van der Waals surface area (Å²) in [5, 5.41) is 17.9. The van der Waals surface area contributed by atoms with Gasteiger partial charge in [-0.1, -0.05) is 18.2 Å². The molecule has 0 spiro atoms. The molecule has 0 bridgehead atoms. The fourth-order valence-corrected chi connectivity index (χ4v) is 1.67. The Hall–Kier alpha value is -2.58. The molecular formula is C14H13N3O2. The van der Waals surface area contributed by atoms with Crippen LogP contribution in [0.1, 0.15) is 11.1 Å². The van der Waals surface area contributed by atoms with Crippen LogP contribution < -0.4 is 10.5 Å². The number of ether oxygens (including phenoxy) is 1. The minimum atomic E-state index is 0.0293. The maximum Gasteiger partial charge on any atom is 0.244 e. The van der Waals surface area contributed by atoms with Crippen molar-refractivity contribution < 1.29 is 9.84 Å². The number of nitrogens with zero attached hydrogens (tertiary/aromatic N) is 2. The lowest BCUT2D eigenvalue weighted by Gasteiger charge is -2.11. The normalized spacial score (nSPS) is 9.89. The predicted molar refractivity (Wildman–Crippen MR) is 70.7 cm³/mol. The van der Waals surface area contributed by atoms with Crippen LogP contribution in [0.4, 0.5) is 5.69 Å². The zero-order chi connectivity index (χ0) is 13.7. The van der Waals surface area contributed by atoms with Crippen LogP contribution in [0.5, 0.6) is 11.6 Å². The summed E-state index contributed by atoms with van der Waals surface area (Å²) in [4.78, 5) is 4.02. The maximum absolute atomic E-state index is 9.01. The van der Waals surface area contributed by atoms with E-state index in [1.807, 2.05) is 24.3 Å². The van der Waals surface area contributed by atoms with Gasteiger partial charge < -0.3 is 15.6 Å². The molecule has 0 saturated carbocycles. The van der Waals surface area contributed by atoms with Crippen LogP contribution >= 0.6 is 0 Å². The quantitative estimate of drug-likeness (QED) is 0.869. The van der Waals surface area contributed by atoms with Crippen LogP contribution in [0, 0.1) is 11.3 Å². The van der Waals surface area contributed by atoms with Gasteiger partial charge in [-0.3, -0.25) is 0 Å². The van der Waals surface area contributed by atoms with Crippen LogP contribution in [0.15, 0.2) is 36.5 Å². The van der Waals surface area contributed by atoms with Gasteiger partial charge in [-0.05, 0) is 24.1 Å². The third kappa shape index (κ3) is 2.81. The second-order valence-corrected chi connectivity index (χ2v) is 3.87. The highest BCUT2D eigenvalue weighted by Crippen LogP contribution is 2.29. The van der Waals surface area contributed by atoms with Crippen molar-refractivity contribution in [1.29, 1.82) is 5.26 Å². The summed E-state index contributed by atoms with van der Waals surface area (Å²) in [6.07, 6.45) is 1.95. The van der Waals surface area contributed by atoms with Crippen molar-refractivity contribution in [3.05, 3.63) is 47.7 Å². The highest BCUT2D eigenvalue weighted by Gasteiger charge is 2.10. The van der Waals surface area contributed by atoms with E-state index < -0.39 is 0 Å². The van der Waals surface area contributed by atoms with Gasteiger partial charge in [0.25, 0.3) is 0 Å². The van der Waals surface area contributed by atoms with Gasteiger partial charge in [0.15, 0.2) is 0 Å². The predicted octanol–water partition coefficient (Wildman–Crippen LogP) is 1.86. The van der Waals surface area contributed by atoms with Gasteiger partial charge in [-0.2, -0.15) is 5.26 Å². The average Bonchev–Trinajstić information content (AvgIpc) is 2.43. The van der Waals surface area contributed by atoms with Crippen molar-refractivity contribution in [2.24, 2.45) is 0 Å². The van der Waals surface area contributed by atoms with Gasteiger partial charge >= 0.3 is 0 Å². The molecule has 96 valence electrons. The molecule has 5 nitrogen and oxygen atoms in total. The second-order valence-electron chi connectivity index (χ2n) is 3.87. The van der Waals surface area contributed by atoms with Gasteiger partial charge in [0.05, 0.1) is 5.56 Å². The van der Waals surface area contributed by atoms with Crippen LogP contribution in [0.25, 0.3) is 0 Å². The lowest BCUT2D eigenvalue weighted by atomic mass is 10.1. The molecule has 0 amide bonds. The van der Waals surface area contributed by atoms with Gasteiger partial charge in [0, 0.05) is 12.8 Å². The summed E-state index contributed by atoms with van der Waals surface area (Å²) in [6.45, 7) is 0.0293. The van der Waals surface area contributed by atoms with E-state index in [2.05, 4.69) is 4.98 Å². The van der Waals surface area contributed by atoms with Gasteiger partial charge in [-0.15, -0.1) is 0 Å². The number of hydrogen-bond acceptors (Lipinski definition) is 5. The van der Waals surface area contributed by atoms with E-state index in [0.717, 1.165) is 5.56 Å². The number of hydrogen-bond donors (Lipinski definition) is 2. The summed E-state index contributed by atoms with van der Waals surface area (Å²) in [6, 6.07) is 10.8. The zero-order valence-corrected chi connectivity index (χ0v) is 10.2. The molecule has 0 aliphatic heterocycles. The van der Waals surface area contributed by atoms with Gasteiger partial charge in [0.1, 0.15) is 17.5 Å². The lowest BCUT2D eigenvalue weighted by Crippen LogP contribution is -2.00. The molecule has 3 N–H and O–H groups in total. The Labute approximate surface area is 110 Å². The number of benzene rings is 1. The van der Waals surface area contributed by atoms with Crippen LogP contribution in [0.3, 0.4) is 0 Å². The Morgan fingerprint density at radius 1 is 1.32 bits per heavy atom. The topological polar surface area (TPSA) is 92.2 Å². The zero-order valence-electron chi connectivity index (χ0n) is 10.2. The van der Waals surface area contributed by atoms with Crippen LogP contribution in [-0.4, -0.2) is 16.7 Å². The molecule has 0 radical (unpaired) electrons. The molecule has 1 aromatic carbocycles. The van der Waals surface area contributed by atoms with Crippen LogP contribution in [0.2, 0.25) is 0 Å². The molecule has 1 heterocycles. The fraction of sp³-hybridized carbons (Fsp3) is 0.143. The number of aliphatic hydroxyl groups is 1. The Bertz CT molecular complexity index is 620. The Balaban J connectivity index is 2.34.